The van der Waals surface area contributed by atoms with Crippen LogP contribution in [0.15, 0.2) is 16.6 Å². The zero-order valence-electron chi connectivity index (χ0n) is 10.0. The summed E-state index contributed by atoms with van der Waals surface area (Å²) in [6.45, 7) is 0. The van der Waals surface area contributed by atoms with E-state index < -0.39 is 0 Å². The molecule has 1 N–H and O–H groups in total. The summed E-state index contributed by atoms with van der Waals surface area (Å²) in [6, 6.07) is 5.56. The van der Waals surface area contributed by atoms with Crippen LogP contribution in [0.3, 0.4) is 0 Å². The van der Waals surface area contributed by atoms with Gasteiger partial charge in [-0.1, -0.05) is 6.42 Å². The molecule has 18 heavy (non-hydrogen) atoms. The molecule has 1 aliphatic rings. The molecule has 2 nitrogen and oxygen atoms in total. The molecule has 5 heteroatoms. The van der Waals surface area contributed by atoms with Crippen LogP contribution in [-0.2, 0) is 0 Å². The quantitative estimate of drug-likeness (QED) is 0.905. The van der Waals surface area contributed by atoms with Crippen LogP contribution in [-0.4, -0.2) is 17.5 Å². The van der Waals surface area contributed by atoms with Gasteiger partial charge in [0.2, 0.25) is 0 Å². The highest BCUT2D eigenvalue weighted by Crippen LogP contribution is 2.33. The number of benzene rings is 1. The summed E-state index contributed by atoms with van der Waals surface area (Å²) in [4.78, 5) is 0. The molecule has 1 fully saturated rings. The van der Waals surface area contributed by atoms with E-state index in [0.29, 0.717) is 22.5 Å². The highest BCUT2D eigenvalue weighted by Gasteiger charge is 2.27. The Morgan fingerprint density at radius 3 is 2.94 bits per heavy atom. The molecule has 0 spiro atoms. The van der Waals surface area contributed by atoms with E-state index in [1.165, 1.54) is 12.8 Å². The van der Waals surface area contributed by atoms with Gasteiger partial charge in [0, 0.05) is 11.3 Å². The van der Waals surface area contributed by atoms with E-state index in [0.717, 1.165) is 6.42 Å². The van der Waals surface area contributed by atoms with Crippen LogP contribution in [0, 0.1) is 17.1 Å². The lowest BCUT2D eigenvalue weighted by molar-refractivity contribution is 0.618. The molecule has 0 radical (unpaired) electrons. The van der Waals surface area contributed by atoms with Crippen molar-refractivity contribution in [3.8, 4) is 6.07 Å². The Hall–Kier alpha value is -0.730. The van der Waals surface area contributed by atoms with E-state index in [2.05, 4.69) is 27.5 Å². The Labute approximate surface area is 119 Å². The molecular formula is C13H14BrFN2S. The van der Waals surface area contributed by atoms with E-state index >= 15 is 0 Å². The zero-order chi connectivity index (χ0) is 13.1. The lowest BCUT2D eigenvalue weighted by Crippen LogP contribution is -2.26. The molecule has 0 heterocycles. The lowest BCUT2D eigenvalue weighted by Gasteiger charge is -2.21. The van der Waals surface area contributed by atoms with Gasteiger partial charge in [-0.2, -0.15) is 17.0 Å². The van der Waals surface area contributed by atoms with E-state index in [1.54, 1.807) is 12.1 Å². The minimum Gasteiger partial charge on any atom is -0.379 e. The van der Waals surface area contributed by atoms with Crippen molar-refractivity contribution in [2.45, 2.75) is 30.6 Å². The van der Waals surface area contributed by atoms with Crippen LogP contribution in [0.5, 0.6) is 0 Å². The molecule has 0 aliphatic heterocycles. The van der Waals surface area contributed by atoms with Gasteiger partial charge in [0.25, 0.3) is 0 Å². The third-order valence-corrected chi connectivity index (χ3v) is 5.24. The third kappa shape index (κ3) is 2.65. The van der Waals surface area contributed by atoms with Crippen LogP contribution in [0.4, 0.5) is 10.1 Å². The maximum Gasteiger partial charge on any atom is 0.161 e. The predicted octanol–water partition coefficient (Wildman–Crippen LogP) is 4.16. The smallest absolute Gasteiger partial charge is 0.161 e. The van der Waals surface area contributed by atoms with Crippen LogP contribution >= 0.6 is 27.7 Å². The Balaban J connectivity index is 2.20. The molecule has 96 valence electrons. The van der Waals surface area contributed by atoms with Gasteiger partial charge in [-0.3, -0.25) is 0 Å². The summed E-state index contributed by atoms with van der Waals surface area (Å²) >= 11 is 4.96. The van der Waals surface area contributed by atoms with Crippen LogP contribution in [0.25, 0.3) is 0 Å². The second-order valence-electron chi connectivity index (χ2n) is 4.36. The maximum absolute atomic E-state index is 14.1. The van der Waals surface area contributed by atoms with E-state index in [9.17, 15) is 4.39 Å². The second-order valence-corrected chi connectivity index (χ2v) is 6.23. The number of nitriles is 1. The number of halogens is 2. The summed E-state index contributed by atoms with van der Waals surface area (Å²) < 4.78 is 14.3. The minimum atomic E-state index is -0.374. The fourth-order valence-corrected chi connectivity index (χ4v) is 3.69. The summed E-state index contributed by atoms with van der Waals surface area (Å²) in [5.74, 6) is -0.374. The van der Waals surface area contributed by atoms with Crippen molar-refractivity contribution in [3.05, 3.63) is 28.0 Å². The first kappa shape index (κ1) is 13.7. The predicted molar refractivity (Wildman–Crippen MR) is 77.4 cm³/mol. The van der Waals surface area contributed by atoms with Crippen molar-refractivity contribution in [1.82, 2.24) is 0 Å². The molecule has 1 aromatic rings. The van der Waals surface area contributed by atoms with Gasteiger partial charge in [0.1, 0.15) is 6.07 Å². The lowest BCUT2D eigenvalue weighted by atomic mass is 10.2. The number of hydrogen-bond donors (Lipinski definition) is 1. The van der Waals surface area contributed by atoms with Gasteiger partial charge in [-0.05, 0) is 47.2 Å². The zero-order valence-corrected chi connectivity index (χ0v) is 12.4. The molecule has 2 atom stereocenters. The molecule has 0 bridgehead atoms. The van der Waals surface area contributed by atoms with Crippen LogP contribution in [0.1, 0.15) is 24.8 Å². The first-order chi connectivity index (χ1) is 8.67. The van der Waals surface area contributed by atoms with Crippen molar-refractivity contribution >= 4 is 33.4 Å². The summed E-state index contributed by atoms with van der Waals surface area (Å²) in [6.07, 6.45) is 5.53. The molecule has 1 aromatic carbocycles. The van der Waals surface area contributed by atoms with Crippen molar-refractivity contribution in [1.29, 1.82) is 5.26 Å². The number of hydrogen-bond acceptors (Lipinski definition) is 3. The van der Waals surface area contributed by atoms with Gasteiger partial charge in [0.15, 0.2) is 5.82 Å². The van der Waals surface area contributed by atoms with E-state index in [-0.39, 0.29) is 10.3 Å². The number of anilines is 1. The average molecular weight is 329 g/mol. The summed E-state index contributed by atoms with van der Waals surface area (Å²) in [7, 11) is 0. The van der Waals surface area contributed by atoms with Gasteiger partial charge in [-0.25, -0.2) is 4.39 Å². The highest BCUT2D eigenvalue weighted by atomic mass is 79.9. The van der Waals surface area contributed by atoms with Gasteiger partial charge < -0.3 is 5.32 Å². The monoisotopic (exact) mass is 328 g/mol. The van der Waals surface area contributed by atoms with Crippen LogP contribution < -0.4 is 5.32 Å². The number of nitrogens with zero attached hydrogens (tertiary/aromatic N) is 1. The molecule has 1 aliphatic carbocycles. The Morgan fingerprint density at radius 2 is 2.28 bits per heavy atom. The molecule has 0 amide bonds. The Morgan fingerprint density at radius 1 is 1.50 bits per heavy atom. The Bertz CT molecular complexity index is 487. The number of rotatable bonds is 3. The van der Waals surface area contributed by atoms with E-state index in [4.69, 9.17) is 5.26 Å². The fourth-order valence-electron chi connectivity index (χ4n) is 2.32. The summed E-state index contributed by atoms with van der Waals surface area (Å²) in [5.41, 5.74) is 0.803. The fraction of sp³-hybridized carbons (Fsp3) is 0.462. The molecule has 0 saturated heterocycles. The van der Waals surface area contributed by atoms with Crippen molar-refractivity contribution in [2.75, 3.05) is 11.6 Å². The minimum absolute atomic E-state index is 0.244. The molecule has 2 rings (SSSR count). The van der Waals surface area contributed by atoms with Crippen LogP contribution in [0.2, 0.25) is 0 Å². The standard InChI is InChI=1S/C13H14BrFN2S/c1-18-11-4-2-3-9(11)17-10-6-5-8(7-16)12(14)13(10)15/h5-6,9,11,17H,2-4H2,1H3. The normalized spacial score (nSPS) is 22.8. The largest absolute Gasteiger partial charge is 0.379 e. The van der Waals surface area contributed by atoms with Crippen molar-refractivity contribution in [2.24, 2.45) is 0 Å². The first-order valence-electron chi connectivity index (χ1n) is 5.84. The summed E-state index contributed by atoms with van der Waals surface area (Å²) in [5, 5.41) is 12.6. The topological polar surface area (TPSA) is 35.8 Å². The van der Waals surface area contributed by atoms with Crippen molar-refractivity contribution < 1.29 is 4.39 Å². The van der Waals surface area contributed by atoms with Crippen molar-refractivity contribution in [3.63, 3.8) is 0 Å². The third-order valence-electron chi connectivity index (χ3n) is 3.30. The van der Waals surface area contributed by atoms with Gasteiger partial charge in [-0.15, -0.1) is 0 Å². The van der Waals surface area contributed by atoms with Gasteiger partial charge in [0.05, 0.1) is 15.7 Å². The number of nitrogens with one attached hydrogen (secondary N) is 1. The maximum atomic E-state index is 14.1. The van der Waals surface area contributed by atoms with E-state index in [1.807, 2.05) is 17.8 Å². The molecule has 1 saturated carbocycles. The molecule has 0 aromatic heterocycles. The second kappa shape index (κ2) is 5.94. The average Bonchev–Trinajstić information content (AvgIpc) is 2.82. The molecule has 2 unspecified atom stereocenters. The first-order valence-corrected chi connectivity index (χ1v) is 7.93. The molecular weight excluding hydrogens is 315 g/mol. The Kier molecular flexibility index (Phi) is 4.52. The van der Waals surface area contributed by atoms with Gasteiger partial charge >= 0.3 is 0 Å². The number of thioether (sulfide) groups is 1. The SMILES string of the molecule is CSC1CCCC1Nc1ccc(C#N)c(Br)c1F. The highest BCUT2D eigenvalue weighted by molar-refractivity contribution is 9.10.